The van der Waals surface area contributed by atoms with Crippen LogP contribution in [-0.2, 0) is 0 Å². The summed E-state index contributed by atoms with van der Waals surface area (Å²) >= 11 is 1.66. The minimum Gasteiger partial charge on any atom is -0.396 e. The lowest BCUT2D eigenvalue weighted by Gasteiger charge is -2.17. The molecule has 21 heavy (non-hydrogen) atoms. The SMILES string of the molecule is CSCC(CCO)NC(=O)c1cccc(-n2cccc2)c1. The summed E-state index contributed by atoms with van der Waals surface area (Å²) in [4.78, 5) is 12.3. The van der Waals surface area contributed by atoms with Gasteiger partial charge >= 0.3 is 0 Å². The second-order valence-corrected chi connectivity index (χ2v) is 5.69. The molecule has 0 saturated carbocycles. The molecule has 2 N–H and O–H groups in total. The van der Waals surface area contributed by atoms with Crippen LogP contribution < -0.4 is 5.32 Å². The molecule has 1 aromatic carbocycles. The highest BCUT2D eigenvalue weighted by Gasteiger charge is 2.13. The van der Waals surface area contributed by atoms with E-state index in [0.29, 0.717) is 12.0 Å². The standard InChI is InChI=1S/C16H20N2O2S/c1-21-12-14(7-10-19)17-16(20)13-5-4-6-15(11-13)18-8-2-3-9-18/h2-6,8-9,11,14,19H,7,10,12H2,1H3,(H,17,20). The van der Waals surface area contributed by atoms with Crippen LogP contribution in [0.25, 0.3) is 5.69 Å². The number of thioether (sulfide) groups is 1. The molecule has 1 heterocycles. The number of nitrogens with one attached hydrogen (secondary N) is 1. The third kappa shape index (κ3) is 4.37. The Labute approximate surface area is 129 Å². The van der Waals surface area contributed by atoms with E-state index in [4.69, 9.17) is 5.11 Å². The maximum atomic E-state index is 12.3. The number of hydrogen-bond donors (Lipinski definition) is 2. The summed E-state index contributed by atoms with van der Waals surface area (Å²) in [5.74, 6) is 0.695. The maximum Gasteiger partial charge on any atom is 0.251 e. The highest BCUT2D eigenvalue weighted by atomic mass is 32.2. The number of nitrogens with zero attached hydrogens (tertiary/aromatic N) is 1. The molecular weight excluding hydrogens is 284 g/mol. The van der Waals surface area contributed by atoms with E-state index in [1.54, 1.807) is 17.8 Å². The summed E-state index contributed by atoms with van der Waals surface area (Å²) in [5, 5.41) is 12.0. The molecule has 1 amide bonds. The number of rotatable bonds is 7. The third-order valence-corrected chi connectivity index (χ3v) is 3.93. The molecular formula is C16H20N2O2S. The van der Waals surface area contributed by atoms with E-state index in [1.807, 2.05) is 53.5 Å². The fourth-order valence-corrected chi connectivity index (χ4v) is 2.79. The van der Waals surface area contributed by atoms with E-state index in [0.717, 1.165) is 11.4 Å². The number of aliphatic hydroxyl groups is 1. The van der Waals surface area contributed by atoms with Crippen molar-refractivity contribution in [2.45, 2.75) is 12.5 Å². The molecule has 0 bridgehead atoms. The Morgan fingerprint density at radius 3 is 2.76 bits per heavy atom. The van der Waals surface area contributed by atoms with Crippen molar-refractivity contribution in [1.82, 2.24) is 9.88 Å². The maximum absolute atomic E-state index is 12.3. The van der Waals surface area contributed by atoms with Crippen LogP contribution >= 0.6 is 11.8 Å². The van der Waals surface area contributed by atoms with Crippen molar-refractivity contribution >= 4 is 17.7 Å². The number of carbonyl (C=O) groups excluding carboxylic acids is 1. The summed E-state index contributed by atoms with van der Waals surface area (Å²) in [7, 11) is 0. The summed E-state index contributed by atoms with van der Waals surface area (Å²) in [5.41, 5.74) is 1.58. The lowest BCUT2D eigenvalue weighted by Crippen LogP contribution is -2.37. The predicted molar refractivity (Wildman–Crippen MR) is 87.1 cm³/mol. The third-order valence-electron chi connectivity index (χ3n) is 3.19. The van der Waals surface area contributed by atoms with Crippen LogP contribution in [0.5, 0.6) is 0 Å². The molecule has 1 atom stereocenters. The van der Waals surface area contributed by atoms with Gasteiger partial charge in [0.25, 0.3) is 5.91 Å². The quantitative estimate of drug-likeness (QED) is 0.825. The molecule has 0 fully saturated rings. The van der Waals surface area contributed by atoms with Crippen molar-refractivity contribution in [3.8, 4) is 5.69 Å². The highest BCUT2D eigenvalue weighted by molar-refractivity contribution is 7.98. The van der Waals surface area contributed by atoms with Gasteiger partial charge in [0.1, 0.15) is 0 Å². The van der Waals surface area contributed by atoms with Crippen LogP contribution in [-0.4, -0.2) is 40.2 Å². The first-order chi connectivity index (χ1) is 10.2. The Balaban J connectivity index is 2.10. The fraction of sp³-hybridized carbons (Fsp3) is 0.312. The normalized spacial score (nSPS) is 12.1. The van der Waals surface area contributed by atoms with Gasteiger partial charge in [0.05, 0.1) is 0 Å². The van der Waals surface area contributed by atoms with Crippen LogP contribution in [0, 0.1) is 0 Å². The predicted octanol–water partition coefficient (Wildman–Crippen LogP) is 2.32. The number of benzene rings is 1. The molecule has 5 heteroatoms. The summed E-state index contributed by atoms with van der Waals surface area (Å²) in [6, 6.07) is 11.4. The van der Waals surface area contributed by atoms with Gasteiger partial charge in [0, 0.05) is 42.0 Å². The molecule has 0 radical (unpaired) electrons. The Morgan fingerprint density at radius 2 is 2.10 bits per heavy atom. The first kappa shape index (κ1) is 15.7. The van der Waals surface area contributed by atoms with E-state index in [9.17, 15) is 4.79 Å². The fourth-order valence-electron chi connectivity index (χ4n) is 2.14. The van der Waals surface area contributed by atoms with Crippen LogP contribution in [0.2, 0.25) is 0 Å². The first-order valence-corrected chi connectivity index (χ1v) is 8.28. The van der Waals surface area contributed by atoms with E-state index in [2.05, 4.69) is 5.32 Å². The second-order valence-electron chi connectivity index (χ2n) is 4.78. The number of hydrogen-bond acceptors (Lipinski definition) is 3. The topological polar surface area (TPSA) is 54.3 Å². The monoisotopic (exact) mass is 304 g/mol. The zero-order valence-corrected chi connectivity index (χ0v) is 12.8. The molecule has 2 aromatic rings. The van der Waals surface area contributed by atoms with Gasteiger partial charge in [-0.1, -0.05) is 6.07 Å². The van der Waals surface area contributed by atoms with Crippen molar-refractivity contribution in [2.24, 2.45) is 0 Å². The van der Waals surface area contributed by atoms with Crippen LogP contribution in [0.15, 0.2) is 48.8 Å². The summed E-state index contributed by atoms with van der Waals surface area (Å²) < 4.78 is 1.96. The Kier molecular flexibility index (Phi) is 5.90. The van der Waals surface area contributed by atoms with Gasteiger partial charge in [-0.05, 0) is 43.0 Å². The Morgan fingerprint density at radius 1 is 1.33 bits per heavy atom. The molecule has 112 valence electrons. The van der Waals surface area contributed by atoms with Crippen molar-refractivity contribution in [1.29, 1.82) is 0 Å². The Bertz CT molecular complexity index is 563. The van der Waals surface area contributed by atoms with Gasteiger partial charge in [-0.15, -0.1) is 0 Å². The molecule has 1 unspecified atom stereocenters. The Hall–Kier alpha value is -1.72. The second kappa shape index (κ2) is 7.90. The number of aromatic nitrogens is 1. The van der Waals surface area contributed by atoms with Crippen LogP contribution in [0.4, 0.5) is 0 Å². The smallest absolute Gasteiger partial charge is 0.251 e. The van der Waals surface area contributed by atoms with Gasteiger partial charge in [-0.3, -0.25) is 4.79 Å². The van der Waals surface area contributed by atoms with E-state index >= 15 is 0 Å². The molecule has 1 aromatic heterocycles. The van der Waals surface area contributed by atoms with Crippen molar-refractivity contribution < 1.29 is 9.90 Å². The number of aliphatic hydroxyl groups excluding tert-OH is 1. The zero-order chi connectivity index (χ0) is 15.1. The van der Waals surface area contributed by atoms with Gasteiger partial charge in [0.15, 0.2) is 0 Å². The van der Waals surface area contributed by atoms with Gasteiger partial charge in [0.2, 0.25) is 0 Å². The average molecular weight is 304 g/mol. The molecule has 0 aliphatic carbocycles. The average Bonchev–Trinajstić information content (AvgIpc) is 3.02. The molecule has 2 rings (SSSR count). The minimum atomic E-state index is -0.100. The van der Waals surface area contributed by atoms with Gasteiger partial charge < -0.3 is 15.0 Å². The van der Waals surface area contributed by atoms with E-state index < -0.39 is 0 Å². The van der Waals surface area contributed by atoms with E-state index in [1.165, 1.54) is 0 Å². The first-order valence-electron chi connectivity index (χ1n) is 6.88. The van der Waals surface area contributed by atoms with Crippen molar-refractivity contribution in [3.05, 3.63) is 54.4 Å². The number of carbonyl (C=O) groups is 1. The lowest BCUT2D eigenvalue weighted by molar-refractivity contribution is 0.0935. The van der Waals surface area contributed by atoms with Crippen LogP contribution in [0.3, 0.4) is 0 Å². The minimum absolute atomic E-state index is 0.00673. The van der Waals surface area contributed by atoms with Crippen molar-refractivity contribution in [3.63, 3.8) is 0 Å². The molecule has 0 spiro atoms. The van der Waals surface area contributed by atoms with Gasteiger partial charge in [-0.25, -0.2) is 0 Å². The van der Waals surface area contributed by atoms with Gasteiger partial charge in [-0.2, -0.15) is 11.8 Å². The van der Waals surface area contributed by atoms with E-state index in [-0.39, 0.29) is 18.6 Å². The highest BCUT2D eigenvalue weighted by Crippen LogP contribution is 2.12. The molecule has 0 aliphatic rings. The molecule has 0 saturated heterocycles. The largest absolute Gasteiger partial charge is 0.396 e. The van der Waals surface area contributed by atoms with Crippen LogP contribution in [0.1, 0.15) is 16.8 Å². The zero-order valence-electron chi connectivity index (χ0n) is 12.0. The molecule has 4 nitrogen and oxygen atoms in total. The summed E-state index contributed by atoms with van der Waals surface area (Å²) in [6.45, 7) is 0.0783. The lowest BCUT2D eigenvalue weighted by atomic mass is 10.1. The molecule has 0 aliphatic heterocycles. The number of amides is 1. The summed E-state index contributed by atoms with van der Waals surface area (Å²) in [6.07, 6.45) is 6.45. The van der Waals surface area contributed by atoms with Crippen molar-refractivity contribution in [2.75, 3.05) is 18.6 Å².